The molecule has 74 valence electrons. The number of ether oxygens (including phenoxy) is 1. The van der Waals surface area contributed by atoms with Gasteiger partial charge in [-0.15, -0.1) is 0 Å². The summed E-state index contributed by atoms with van der Waals surface area (Å²) >= 11 is 0. The molecule has 0 saturated heterocycles. The van der Waals surface area contributed by atoms with Crippen LogP contribution in [0, 0.1) is 0 Å². The van der Waals surface area contributed by atoms with E-state index in [1.54, 1.807) is 0 Å². The van der Waals surface area contributed by atoms with Crippen molar-refractivity contribution >= 4 is 17.3 Å². The molecule has 2 N–H and O–H groups in total. The molecule has 0 spiro atoms. The molecule has 0 aliphatic carbocycles. The van der Waals surface area contributed by atoms with Crippen molar-refractivity contribution in [1.29, 1.82) is 0 Å². The van der Waals surface area contributed by atoms with Crippen molar-refractivity contribution < 1.29 is 9.53 Å². The first kappa shape index (κ1) is 8.87. The maximum Gasteiger partial charge on any atom is 0.330 e. The van der Waals surface area contributed by atoms with Gasteiger partial charge in [-0.05, 0) is 12.1 Å². The van der Waals surface area contributed by atoms with Gasteiger partial charge in [0.15, 0.2) is 0 Å². The van der Waals surface area contributed by atoms with Crippen LogP contribution in [0.25, 0.3) is 0 Å². The fraction of sp³-hybridized carbons (Fsp3) is 0.300. The van der Waals surface area contributed by atoms with E-state index in [9.17, 15) is 4.79 Å². The van der Waals surface area contributed by atoms with Gasteiger partial charge in [0.25, 0.3) is 0 Å². The smallest absolute Gasteiger partial charge is 0.330 e. The largest absolute Gasteiger partial charge is 0.467 e. The molecule has 1 aromatic carbocycles. The maximum atomic E-state index is 11.3. The zero-order valence-corrected chi connectivity index (χ0v) is 7.91. The van der Waals surface area contributed by atoms with Crippen LogP contribution < -0.4 is 10.6 Å². The number of esters is 1. The molecule has 2 rings (SSSR count). The molecule has 1 heterocycles. The Bertz CT molecular complexity index is 352. The van der Waals surface area contributed by atoms with Crippen LogP contribution in [-0.4, -0.2) is 25.7 Å². The van der Waals surface area contributed by atoms with Crippen LogP contribution in [0.1, 0.15) is 0 Å². The summed E-state index contributed by atoms with van der Waals surface area (Å²) < 4.78 is 4.66. The minimum atomic E-state index is -0.296. The lowest BCUT2D eigenvalue weighted by atomic mass is 10.1. The van der Waals surface area contributed by atoms with Gasteiger partial charge in [0.05, 0.1) is 18.5 Å². The number of rotatable bonds is 1. The molecule has 1 aliphatic rings. The topological polar surface area (TPSA) is 50.4 Å². The minimum absolute atomic E-state index is 0.244. The van der Waals surface area contributed by atoms with E-state index in [1.165, 1.54) is 7.11 Å². The van der Waals surface area contributed by atoms with Gasteiger partial charge in [0, 0.05) is 6.54 Å². The third kappa shape index (κ3) is 1.51. The Hall–Kier alpha value is -1.71. The molecular weight excluding hydrogens is 180 g/mol. The monoisotopic (exact) mass is 192 g/mol. The Morgan fingerprint density at radius 3 is 2.86 bits per heavy atom. The number of nitrogens with one attached hydrogen (secondary N) is 2. The quantitative estimate of drug-likeness (QED) is 0.653. The minimum Gasteiger partial charge on any atom is -0.467 e. The molecule has 0 amide bonds. The van der Waals surface area contributed by atoms with Crippen LogP contribution in [0.3, 0.4) is 0 Å². The van der Waals surface area contributed by atoms with E-state index in [0.717, 1.165) is 11.4 Å². The van der Waals surface area contributed by atoms with Crippen LogP contribution in [0.15, 0.2) is 24.3 Å². The van der Waals surface area contributed by atoms with E-state index in [2.05, 4.69) is 15.4 Å². The molecule has 14 heavy (non-hydrogen) atoms. The summed E-state index contributed by atoms with van der Waals surface area (Å²) in [5.41, 5.74) is 1.96. The number of fused-ring (bicyclic) bond motifs is 1. The van der Waals surface area contributed by atoms with Gasteiger partial charge < -0.3 is 15.4 Å². The predicted octanol–water partition coefficient (Wildman–Crippen LogP) is 1.07. The lowest BCUT2D eigenvalue weighted by Crippen LogP contribution is -2.40. The van der Waals surface area contributed by atoms with Crippen molar-refractivity contribution in [1.82, 2.24) is 0 Å². The van der Waals surface area contributed by atoms with Gasteiger partial charge in [-0.2, -0.15) is 0 Å². The van der Waals surface area contributed by atoms with E-state index < -0.39 is 0 Å². The summed E-state index contributed by atoms with van der Waals surface area (Å²) in [6, 6.07) is 7.47. The van der Waals surface area contributed by atoms with Crippen LogP contribution in [0.2, 0.25) is 0 Å². The molecule has 0 saturated carbocycles. The molecular formula is C10H12N2O2. The molecule has 1 atom stereocenters. The van der Waals surface area contributed by atoms with Crippen molar-refractivity contribution in [2.24, 2.45) is 0 Å². The number of benzene rings is 1. The summed E-state index contributed by atoms with van der Waals surface area (Å²) in [6.45, 7) is 0.559. The van der Waals surface area contributed by atoms with E-state index in [-0.39, 0.29) is 12.0 Å². The second kappa shape index (κ2) is 3.57. The second-order valence-corrected chi connectivity index (χ2v) is 3.15. The highest BCUT2D eigenvalue weighted by Crippen LogP contribution is 2.25. The molecule has 4 heteroatoms. The fourth-order valence-corrected chi connectivity index (χ4v) is 1.50. The van der Waals surface area contributed by atoms with Crippen LogP contribution >= 0.6 is 0 Å². The Balaban J connectivity index is 2.17. The number of para-hydroxylation sites is 2. The van der Waals surface area contributed by atoms with Crippen LogP contribution in [0.4, 0.5) is 11.4 Å². The normalized spacial score (nSPS) is 18.8. The lowest BCUT2D eigenvalue weighted by Gasteiger charge is -2.26. The lowest BCUT2D eigenvalue weighted by molar-refractivity contribution is -0.141. The zero-order valence-electron chi connectivity index (χ0n) is 7.91. The summed E-state index contributed by atoms with van der Waals surface area (Å²) in [4.78, 5) is 11.3. The van der Waals surface area contributed by atoms with Gasteiger partial charge in [-0.3, -0.25) is 0 Å². The molecule has 4 nitrogen and oxygen atoms in total. The number of carbonyl (C=O) groups excluding carboxylic acids is 1. The molecule has 1 aromatic rings. The molecule has 0 bridgehead atoms. The summed E-state index contributed by atoms with van der Waals surface area (Å²) in [7, 11) is 1.39. The number of carbonyl (C=O) groups is 1. The maximum absolute atomic E-state index is 11.3. The number of methoxy groups -OCH3 is 1. The number of hydrogen-bond donors (Lipinski definition) is 2. The van der Waals surface area contributed by atoms with Crippen LogP contribution in [-0.2, 0) is 9.53 Å². The third-order valence-electron chi connectivity index (χ3n) is 2.24. The molecule has 0 aromatic heterocycles. The fourth-order valence-electron chi connectivity index (χ4n) is 1.50. The van der Waals surface area contributed by atoms with E-state index in [0.29, 0.717) is 6.54 Å². The van der Waals surface area contributed by atoms with Crippen LogP contribution in [0.5, 0.6) is 0 Å². The van der Waals surface area contributed by atoms with E-state index in [1.807, 2.05) is 24.3 Å². The third-order valence-corrected chi connectivity index (χ3v) is 2.24. The second-order valence-electron chi connectivity index (χ2n) is 3.15. The Morgan fingerprint density at radius 2 is 2.14 bits per heavy atom. The van der Waals surface area contributed by atoms with Gasteiger partial charge in [0.1, 0.15) is 6.04 Å². The van der Waals surface area contributed by atoms with Crippen molar-refractivity contribution in [3.8, 4) is 0 Å². The summed E-state index contributed by atoms with van der Waals surface area (Å²) in [5.74, 6) is -0.244. The zero-order chi connectivity index (χ0) is 9.97. The van der Waals surface area contributed by atoms with Crippen molar-refractivity contribution in [2.45, 2.75) is 6.04 Å². The standard InChI is InChI=1S/C10H12N2O2/c1-14-10(13)9-6-11-7-4-2-3-5-8(7)12-9/h2-5,9,11-12H,6H2,1H3. The first-order valence-corrected chi connectivity index (χ1v) is 4.48. The van der Waals surface area contributed by atoms with Crippen molar-refractivity contribution in [2.75, 3.05) is 24.3 Å². The van der Waals surface area contributed by atoms with Gasteiger partial charge in [0.2, 0.25) is 0 Å². The molecule has 0 fully saturated rings. The first-order chi connectivity index (χ1) is 6.81. The highest BCUT2D eigenvalue weighted by atomic mass is 16.5. The summed E-state index contributed by atoms with van der Waals surface area (Å²) in [5, 5.41) is 6.28. The SMILES string of the molecule is COC(=O)C1CNc2ccccc2N1. The molecule has 0 radical (unpaired) electrons. The average molecular weight is 192 g/mol. The highest BCUT2D eigenvalue weighted by molar-refractivity contribution is 5.84. The van der Waals surface area contributed by atoms with Crippen molar-refractivity contribution in [3.63, 3.8) is 0 Å². The molecule has 1 aliphatic heterocycles. The van der Waals surface area contributed by atoms with E-state index >= 15 is 0 Å². The number of hydrogen-bond acceptors (Lipinski definition) is 4. The predicted molar refractivity (Wildman–Crippen MR) is 54.4 cm³/mol. The van der Waals surface area contributed by atoms with Gasteiger partial charge in [-0.25, -0.2) is 4.79 Å². The van der Waals surface area contributed by atoms with Gasteiger partial charge in [-0.1, -0.05) is 12.1 Å². The molecule has 1 unspecified atom stereocenters. The highest BCUT2D eigenvalue weighted by Gasteiger charge is 2.23. The Morgan fingerprint density at radius 1 is 1.43 bits per heavy atom. The average Bonchev–Trinajstić information content (AvgIpc) is 2.27. The summed E-state index contributed by atoms with van der Waals surface area (Å²) in [6.07, 6.45) is 0. The van der Waals surface area contributed by atoms with Gasteiger partial charge >= 0.3 is 5.97 Å². The first-order valence-electron chi connectivity index (χ1n) is 4.48. The van der Waals surface area contributed by atoms with E-state index in [4.69, 9.17) is 0 Å². The Labute approximate surface area is 82.3 Å². The van der Waals surface area contributed by atoms with Crippen molar-refractivity contribution in [3.05, 3.63) is 24.3 Å². The number of anilines is 2. The Kier molecular flexibility index (Phi) is 2.26.